The van der Waals surface area contributed by atoms with Gasteiger partial charge in [0.1, 0.15) is 6.10 Å². The van der Waals surface area contributed by atoms with Crippen molar-refractivity contribution in [1.29, 1.82) is 0 Å². The van der Waals surface area contributed by atoms with Crippen molar-refractivity contribution >= 4 is 0 Å². The van der Waals surface area contributed by atoms with Gasteiger partial charge in [-0.15, -0.1) is 0 Å². The summed E-state index contributed by atoms with van der Waals surface area (Å²) >= 11 is 0. The van der Waals surface area contributed by atoms with Crippen molar-refractivity contribution in [2.24, 2.45) is 5.92 Å². The molecule has 0 spiro atoms. The van der Waals surface area contributed by atoms with E-state index in [-0.39, 0.29) is 0 Å². The van der Waals surface area contributed by atoms with Crippen molar-refractivity contribution < 1.29 is 25.5 Å². The Morgan fingerprint density at radius 2 is 1.38 bits per heavy atom. The van der Waals surface area contributed by atoms with Crippen molar-refractivity contribution in [2.75, 3.05) is 13.2 Å². The third kappa shape index (κ3) is 3.58. The minimum atomic E-state index is -1.27. The molecule has 0 radical (unpaired) electrons. The highest BCUT2D eigenvalue weighted by molar-refractivity contribution is 4.79. The Bertz CT molecular complexity index is 130. The minimum Gasteiger partial charge on any atom is -0.394 e. The first-order valence-electron chi connectivity index (χ1n) is 4.34. The molecule has 5 N–H and O–H groups in total. The van der Waals surface area contributed by atoms with Gasteiger partial charge in [-0.1, -0.05) is 6.92 Å². The van der Waals surface area contributed by atoms with Gasteiger partial charge in [-0.05, 0) is 6.42 Å². The third-order valence-electron chi connectivity index (χ3n) is 2.17. The fraction of sp³-hybridized carbons (Fsp3) is 1.00. The zero-order chi connectivity index (χ0) is 10.4. The number of aliphatic hydroxyl groups is 5. The van der Waals surface area contributed by atoms with Gasteiger partial charge in [0.05, 0.1) is 25.4 Å². The molecule has 5 nitrogen and oxygen atoms in total. The zero-order valence-corrected chi connectivity index (χ0v) is 7.67. The summed E-state index contributed by atoms with van der Waals surface area (Å²) in [4.78, 5) is 0. The summed E-state index contributed by atoms with van der Waals surface area (Å²) in [6.45, 7) is 0.695. The smallest absolute Gasteiger partial charge is 0.103 e. The molecular weight excluding hydrogens is 176 g/mol. The van der Waals surface area contributed by atoms with Gasteiger partial charge in [-0.25, -0.2) is 0 Å². The first kappa shape index (κ1) is 12.8. The quantitative estimate of drug-likeness (QED) is 0.339. The van der Waals surface area contributed by atoms with E-state index < -0.39 is 37.4 Å². The molecule has 0 aromatic carbocycles. The molecule has 80 valence electrons. The molecular formula is C8H18O5. The lowest BCUT2D eigenvalue weighted by molar-refractivity contribution is -0.0846. The Balaban J connectivity index is 4.21. The Morgan fingerprint density at radius 1 is 0.923 bits per heavy atom. The molecule has 0 rings (SSSR count). The van der Waals surface area contributed by atoms with Crippen molar-refractivity contribution in [2.45, 2.75) is 31.7 Å². The predicted molar refractivity (Wildman–Crippen MR) is 46.0 cm³/mol. The molecule has 0 fully saturated rings. The fourth-order valence-electron chi connectivity index (χ4n) is 1.27. The van der Waals surface area contributed by atoms with Gasteiger partial charge in [0.15, 0.2) is 0 Å². The van der Waals surface area contributed by atoms with Crippen molar-refractivity contribution in [1.82, 2.24) is 0 Å². The molecule has 0 amide bonds. The summed E-state index contributed by atoms with van der Waals surface area (Å²) in [5.41, 5.74) is 0. The number of hydrogen-bond donors (Lipinski definition) is 5. The number of rotatable bonds is 6. The van der Waals surface area contributed by atoms with E-state index in [2.05, 4.69) is 0 Å². The van der Waals surface area contributed by atoms with Crippen LogP contribution in [0.15, 0.2) is 0 Å². The minimum absolute atomic E-state index is 0.417. The van der Waals surface area contributed by atoms with Crippen LogP contribution < -0.4 is 0 Å². The van der Waals surface area contributed by atoms with Crippen LogP contribution in [0.25, 0.3) is 0 Å². The molecule has 4 atom stereocenters. The van der Waals surface area contributed by atoms with E-state index in [1.807, 2.05) is 0 Å². The maximum atomic E-state index is 9.40. The van der Waals surface area contributed by atoms with Crippen LogP contribution >= 0.6 is 0 Å². The second-order valence-corrected chi connectivity index (χ2v) is 3.06. The molecule has 4 unspecified atom stereocenters. The topological polar surface area (TPSA) is 101 Å². The molecule has 0 aromatic rings. The molecule has 0 saturated heterocycles. The lowest BCUT2D eigenvalue weighted by Crippen LogP contribution is -2.42. The predicted octanol–water partition coefficient (Wildman–Crippen LogP) is -1.92. The molecule has 0 aliphatic rings. The maximum absolute atomic E-state index is 9.40. The first-order chi connectivity index (χ1) is 6.08. The van der Waals surface area contributed by atoms with Crippen LogP contribution in [0.3, 0.4) is 0 Å². The van der Waals surface area contributed by atoms with Gasteiger partial charge in [-0.3, -0.25) is 0 Å². The SMILES string of the molecule is CCC(C(O)CO)C(O)C(O)CO. The summed E-state index contributed by atoms with van der Waals surface area (Å²) in [7, 11) is 0. The Kier molecular flexibility index (Phi) is 6.19. The van der Waals surface area contributed by atoms with E-state index in [0.29, 0.717) is 6.42 Å². The van der Waals surface area contributed by atoms with Crippen molar-refractivity contribution in [3.63, 3.8) is 0 Å². The van der Waals surface area contributed by atoms with Gasteiger partial charge in [-0.2, -0.15) is 0 Å². The van der Waals surface area contributed by atoms with Crippen LogP contribution in [0.1, 0.15) is 13.3 Å². The summed E-state index contributed by atoms with van der Waals surface area (Å²) in [5.74, 6) is -0.618. The normalized spacial score (nSPS) is 20.8. The Hall–Kier alpha value is -0.200. The van der Waals surface area contributed by atoms with Crippen LogP contribution in [-0.2, 0) is 0 Å². The second kappa shape index (κ2) is 6.28. The number of aliphatic hydroxyl groups excluding tert-OH is 5. The van der Waals surface area contributed by atoms with Gasteiger partial charge in [0.25, 0.3) is 0 Å². The average Bonchev–Trinajstić information content (AvgIpc) is 2.17. The van der Waals surface area contributed by atoms with E-state index in [9.17, 15) is 10.2 Å². The standard InChI is InChI=1S/C8H18O5/c1-2-5(6(11)3-9)8(13)7(12)4-10/h5-13H,2-4H2,1H3. The summed E-state index contributed by atoms with van der Waals surface area (Å²) < 4.78 is 0. The lowest BCUT2D eigenvalue weighted by Gasteiger charge is -2.27. The third-order valence-corrected chi connectivity index (χ3v) is 2.17. The van der Waals surface area contributed by atoms with Gasteiger partial charge >= 0.3 is 0 Å². The van der Waals surface area contributed by atoms with E-state index in [1.54, 1.807) is 6.92 Å². The molecule has 0 saturated carbocycles. The lowest BCUT2D eigenvalue weighted by atomic mass is 9.90. The molecule has 0 heterocycles. The van der Waals surface area contributed by atoms with Crippen LogP contribution in [0, 0.1) is 5.92 Å². The van der Waals surface area contributed by atoms with Crippen molar-refractivity contribution in [3.8, 4) is 0 Å². The van der Waals surface area contributed by atoms with Crippen LogP contribution in [0.4, 0.5) is 0 Å². The summed E-state index contributed by atoms with van der Waals surface area (Å²) in [6.07, 6.45) is -3.13. The van der Waals surface area contributed by atoms with Crippen LogP contribution in [0.2, 0.25) is 0 Å². The average molecular weight is 194 g/mol. The molecule has 0 aliphatic heterocycles. The highest BCUT2D eigenvalue weighted by Crippen LogP contribution is 2.16. The molecule has 0 aliphatic carbocycles. The van der Waals surface area contributed by atoms with E-state index >= 15 is 0 Å². The molecule has 0 aromatic heterocycles. The highest BCUT2D eigenvalue weighted by Gasteiger charge is 2.29. The largest absolute Gasteiger partial charge is 0.394 e. The molecule has 5 heteroatoms. The highest BCUT2D eigenvalue weighted by atomic mass is 16.4. The van der Waals surface area contributed by atoms with E-state index in [1.165, 1.54) is 0 Å². The number of hydrogen-bond acceptors (Lipinski definition) is 5. The monoisotopic (exact) mass is 194 g/mol. The zero-order valence-electron chi connectivity index (χ0n) is 7.67. The Labute approximate surface area is 77.3 Å². The maximum Gasteiger partial charge on any atom is 0.103 e. The molecule has 0 bridgehead atoms. The van der Waals surface area contributed by atoms with Crippen LogP contribution in [0.5, 0.6) is 0 Å². The van der Waals surface area contributed by atoms with Crippen LogP contribution in [-0.4, -0.2) is 57.1 Å². The second-order valence-electron chi connectivity index (χ2n) is 3.06. The Morgan fingerprint density at radius 3 is 1.69 bits per heavy atom. The van der Waals surface area contributed by atoms with Crippen molar-refractivity contribution in [3.05, 3.63) is 0 Å². The molecule has 13 heavy (non-hydrogen) atoms. The van der Waals surface area contributed by atoms with Gasteiger partial charge in [0.2, 0.25) is 0 Å². The summed E-state index contributed by atoms with van der Waals surface area (Å²) in [5, 5.41) is 44.9. The van der Waals surface area contributed by atoms with Gasteiger partial charge in [0, 0.05) is 5.92 Å². The van der Waals surface area contributed by atoms with E-state index in [0.717, 1.165) is 0 Å². The first-order valence-corrected chi connectivity index (χ1v) is 4.34. The van der Waals surface area contributed by atoms with E-state index in [4.69, 9.17) is 15.3 Å². The van der Waals surface area contributed by atoms with Gasteiger partial charge < -0.3 is 25.5 Å². The summed E-state index contributed by atoms with van der Waals surface area (Å²) in [6, 6.07) is 0. The fourth-order valence-corrected chi connectivity index (χ4v) is 1.27.